The third-order valence-corrected chi connectivity index (χ3v) is 5.87. The Labute approximate surface area is 185 Å². The molecule has 3 atom stereocenters. The highest BCUT2D eigenvalue weighted by Gasteiger charge is 2.31. The van der Waals surface area contributed by atoms with E-state index in [-0.39, 0.29) is 23.6 Å². The summed E-state index contributed by atoms with van der Waals surface area (Å²) in [6.45, 7) is 4.03. The van der Waals surface area contributed by atoms with Crippen molar-refractivity contribution in [1.29, 1.82) is 0 Å². The van der Waals surface area contributed by atoms with Gasteiger partial charge in [0.25, 0.3) is 11.5 Å². The van der Waals surface area contributed by atoms with Crippen molar-refractivity contribution in [2.24, 2.45) is 0 Å². The van der Waals surface area contributed by atoms with Crippen LogP contribution in [0.3, 0.4) is 0 Å². The molecular formula is C22H29N7O3. The van der Waals surface area contributed by atoms with Gasteiger partial charge in [0, 0.05) is 25.4 Å². The molecule has 10 heteroatoms. The van der Waals surface area contributed by atoms with Crippen LogP contribution in [0, 0.1) is 0 Å². The lowest BCUT2D eigenvalue weighted by atomic mass is 9.89. The molecule has 0 bridgehead atoms. The highest BCUT2D eigenvalue weighted by atomic mass is 16.3. The monoisotopic (exact) mass is 439 g/mol. The molecule has 3 heterocycles. The van der Waals surface area contributed by atoms with Crippen molar-refractivity contribution in [3.05, 3.63) is 46.5 Å². The zero-order chi connectivity index (χ0) is 22.8. The van der Waals surface area contributed by atoms with Gasteiger partial charge in [0.15, 0.2) is 5.65 Å². The predicted octanol–water partition coefficient (Wildman–Crippen LogP) is 2.29. The maximum Gasteiger partial charge on any atom is 0.274 e. The van der Waals surface area contributed by atoms with Gasteiger partial charge in [0.2, 0.25) is 0 Å². The molecule has 32 heavy (non-hydrogen) atoms. The number of fused-ring (bicyclic) bond motifs is 1. The van der Waals surface area contributed by atoms with E-state index in [4.69, 9.17) is 0 Å². The molecule has 0 aromatic carbocycles. The predicted molar refractivity (Wildman–Crippen MR) is 123 cm³/mol. The number of nitrogens with one attached hydrogen (secondary N) is 3. The molecule has 0 spiro atoms. The number of aliphatic hydroxyl groups excluding tert-OH is 1. The summed E-state index contributed by atoms with van der Waals surface area (Å²) in [5.41, 5.74) is 0.846. The number of aliphatic hydroxyl groups is 1. The van der Waals surface area contributed by atoms with Gasteiger partial charge in [0.05, 0.1) is 18.3 Å². The summed E-state index contributed by atoms with van der Waals surface area (Å²) >= 11 is 0. The van der Waals surface area contributed by atoms with Gasteiger partial charge < -0.3 is 25.6 Å². The fraction of sp³-hybridized carbons (Fsp3) is 0.455. The molecule has 0 saturated heterocycles. The van der Waals surface area contributed by atoms with Crippen molar-refractivity contribution in [1.82, 2.24) is 24.5 Å². The molecule has 10 nitrogen and oxygen atoms in total. The van der Waals surface area contributed by atoms with Gasteiger partial charge in [-0.15, -0.1) is 0 Å². The van der Waals surface area contributed by atoms with Gasteiger partial charge >= 0.3 is 0 Å². The standard InChI is InChI=1S/C22H29N7O3/c1-4-6-13(2)25-21(31)14-12-24-29-19(23-3)11-18(27-20(14)29)26-15-7-5-10-28(22(15)32)16-8-9-17(16)30/h5,7,10-13,16-17,23,30H,4,6,8-9H2,1-3H3,(H,25,31)(H,26,27). The molecule has 3 unspecified atom stereocenters. The minimum Gasteiger partial charge on any atom is -0.391 e. The highest BCUT2D eigenvalue weighted by molar-refractivity contribution is 6.00. The van der Waals surface area contributed by atoms with Crippen LogP contribution in [0.15, 0.2) is 35.4 Å². The first-order valence-electron chi connectivity index (χ1n) is 11.0. The number of amides is 1. The average Bonchev–Trinajstić information content (AvgIpc) is 3.19. The van der Waals surface area contributed by atoms with E-state index < -0.39 is 6.10 Å². The van der Waals surface area contributed by atoms with Crippen LogP contribution < -0.4 is 21.5 Å². The Balaban J connectivity index is 1.67. The first-order chi connectivity index (χ1) is 15.4. The molecular weight excluding hydrogens is 410 g/mol. The van der Waals surface area contributed by atoms with E-state index in [2.05, 4.69) is 33.0 Å². The SMILES string of the molecule is CCCC(C)NC(=O)c1cnn2c(NC)cc(Nc3cccn(C4CCC4O)c3=O)nc12. The van der Waals surface area contributed by atoms with E-state index in [9.17, 15) is 14.7 Å². The molecule has 0 aliphatic heterocycles. The molecule has 1 fully saturated rings. The molecule has 170 valence electrons. The van der Waals surface area contributed by atoms with Crippen LogP contribution in [0.25, 0.3) is 5.65 Å². The molecule has 1 aliphatic rings. The first kappa shape index (κ1) is 21.8. The Bertz CT molecular complexity index is 1190. The van der Waals surface area contributed by atoms with Gasteiger partial charge in [0.1, 0.15) is 22.9 Å². The number of hydrogen-bond acceptors (Lipinski definition) is 7. The van der Waals surface area contributed by atoms with E-state index in [0.29, 0.717) is 35.0 Å². The van der Waals surface area contributed by atoms with Crippen molar-refractivity contribution in [2.75, 3.05) is 17.7 Å². The third kappa shape index (κ3) is 4.05. The maximum atomic E-state index is 12.9. The lowest BCUT2D eigenvalue weighted by molar-refractivity contribution is 0.0300. The van der Waals surface area contributed by atoms with Crippen LogP contribution in [0.1, 0.15) is 55.9 Å². The second-order valence-electron chi connectivity index (χ2n) is 8.20. The van der Waals surface area contributed by atoms with Crippen molar-refractivity contribution in [3.63, 3.8) is 0 Å². The molecule has 1 saturated carbocycles. The van der Waals surface area contributed by atoms with Gasteiger partial charge in [-0.1, -0.05) is 13.3 Å². The van der Waals surface area contributed by atoms with Crippen LogP contribution in [0.2, 0.25) is 0 Å². The van der Waals surface area contributed by atoms with Crippen molar-refractivity contribution in [3.8, 4) is 0 Å². The quantitative estimate of drug-likeness (QED) is 0.424. The molecule has 3 aromatic heterocycles. The zero-order valence-corrected chi connectivity index (χ0v) is 18.5. The molecule has 1 aliphatic carbocycles. The number of aromatic nitrogens is 4. The minimum atomic E-state index is -0.503. The summed E-state index contributed by atoms with van der Waals surface area (Å²) in [4.78, 5) is 30.3. The molecule has 4 rings (SSSR count). The fourth-order valence-corrected chi connectivity index (χ4v) is 3.97. The lowest BCUT2D eigenvalue weighted by Crippen LogP contribution is -2.39. The molecule has 4 N–H and O–H groups in total. The van der Waals surface area contributed by atoms with E-state index in [1.165, 1.54) is 6.20 Å². The van der Waals surface area contributed by atoms with E-state index in [0.717, 1.165) is 19.3 Å². The smallest absolute Gasteiger partial charge is 0.274 e. The molecule has 1 amide bonds. The number of pyridine rings is 1. The number of carbonyl (C=O) groups is 1. The van der Waals surface area contributed by atoms with Crippen LogP contribution in [-0.4, -0.2) is 49.4 Å². The second-order valence-corrected chi connectivity index (χ2v) is 8.20. The first-order valence-corrected chi connectivity index (χ1v) is 11.0. The number of anilines is 3. The van der Waals surface area contributed by atoms with Crippen LogP contribution >= 0.6 is 0 Å². The zero-order valence-electron chi connectivity index (χ0n) is 18.5. The largest absolute Gasteiger partial charge is 0.391 e. The third-order valence-electron chi connectivity index (χ3n) is 5.87. The summed E-state index contributed by atoms with van der Waals surface area (Å²) < 4.78 is 3.11. The van der Waals surface area contributed by atoms with Gasteiger partial charge in [-0.25, -0.2) is 4.98 Å². The highest BCUT2D eigenvalue weighted by Crippen LogP contribution is 2.31. The van der Waals surface area contributed by atoms with Gasteiger partial charge in [-0.05, 0) is 38.3 Å². The average molecular weight is 440 g/mol. The summed E-state index contributed by atoms with van der Waals surface area (Å²) in [5, 5.41) is 23.4. The Hall–Kier alpha value is -3.40. The van der Waals surface area contributed by atoms with E-state index >= 15 is 0 Å². The van der Waals surface area contributed by atoms with Crippen molar-refractivity contribution in [2.45, 2.75) is 57.7 Å². The normalized spacial score (nSPS) is 18.8. The number of rotatable bonds is 8. The Kier molecular flexibility index (Phi) is 6.13. The minimum absolute atomic E-state index is 0.0390. The Morgan fingerprint density at radius 3 is 2.84 bits per heavy atom. The van der Waals surface area contributed by atoms with Crippen LogP contribution in [0.5, 0.6) is 0 Å². The second kappa shape index (κ2) is 8.99. The van der Waals surface area contributed by atoms with Crippen LogP contribution in [-0.2, 0) is 0 Å². The fourth-order valence-electron chi connectivity index (χ4n) is 3.97. The maximum absolute atomic E-state index is 12.9. The Morgan fingerprint density at radius 1 is 1.38 bits per heavy atom. The molecule has 0 radical (unpaired) electrons. The summed E-state index contributed by atoms with van der Waals surface area (Å²) in [6.07, 6.45) is 5.99. The van der Waals surface area contributed by atoms with E-state index in [1.54, 1.807) is 40.5 Å². The van der Waals surface area contributed by atoms with Gasteiger partial charge in [-0.2, -0.15) is 9.61 Å². The number of nitrogens with zero attached hydrogens (tertiary/aromatic N) is 4. The summed E-state index contributed by atoms with van der Waals surface area (Å²) in [5.74, 6) is 0.777. The number of carbonyl (C=O) groups excluding carboxylic acids is 1. The summed E-state index contributed by atoms with van der Waals surface area (Å²) in [7, 11) is 1.75. The molecule has 3 aromatic rings. The van der Waals surface area contributed by atoms with E-state index in [1.807, 2.05) is 6.92 Å². The lowest BCUT2D eigenvalue weighted by Gasteiger charge is -2.34. The summed E-state index contributed by atoms with van der Waals surface area (Å²) in [6, 6.07) is 4.99. The van der Waals surface area contributed by atoms with Crippen molar-refractivity contribution >= 4 is 28.9 Å². The Morgan fingerprint density at radius 2 is 2.19 bits per heavy atom. The van der Waals surface area contributed by atoms with Crippen molar-refractivity contribution < 1.29 is 9.90 Å². The number of hydrogen-bond donors (Lipinski definition) is 4. The topological polar surface area (TPSA) is 126 Å². The van der Waals surface area contributed by atoms with Crippen LogP contribution in [0.4, 0.5) is 17.3 Å². The van der Waals surface area contributed by atoms with Gasteiger partial charge in [-0.3, -0.25) is 9.59 Å².